The predicted octanol–water partition coefficient (Wildman–Crippen LogP) is 1.43. The van der Waals surface area contributed by atoms with Gasteiger partial charge in [0.2, 0.25) is 0 Å². The first-order chi connectivity index (χ1) is 10.2. The number of para-hydroxylation sites is 2. The van der Waals surface area contributed by atoms with E-state index in [-0.39, 0.29) is 5.82 Å². The van der Waals surface area contributed by atoms with Gasteiger partial charge in [-0.25, -0.2) is 0 Å². The molecule has 21 heavy (non-hydrogen) atoms. The summed E-state index contributed by atoms with van der Waals surface area (Å²) in [5, 5.41) is 11.6. The average Bonchev–Trinajstić information content (AvgIpc) is 2.87. The largest absolute Gasteiger partial charge is 0.538 e. The standard InChI is InChI=1S/C17H14N2O2/c1-13-12-18(14-8-4-2-5-9-14)16(17(20)21)19(13)15-10-6-3-7-11-15/h2-12H,1H3. The second-order valence-corrected chi connectivity index (χ2v) is 4.76. The highest BCUT2D eigenvalue weighted by Gasteiger charge is 2.24. The number of carboxylic acids is 1. The fourth-order valence-electron chi connectivity index (χ4n) is 2.46. The lowest BCUT2D eigenvalue weighted by atomic mass is 10.3. The third kappa shape index (κ3) is 2.31. The number of carbonyl (C=O) groups excluding carboxylic acids is 1. The number of nitrogens with zero attached hydrogens (tertiary/aromatic N) is 2. The number of benzene rings is 2. The van der Waals surface area contributed by atoms with Crippen LogP contribution in [0.1, 0.15) is 16.3 Å². The van der Waals surface area contributed by atoms with Crippen molar-refractivity contribution in [2.24, 2.45) is 0 Å². The van der Waals surface area contributed by atoms with Crippen LogP contribution in [-0.4, -0.2) is 10.5 Å². The van der Waals surface area contributed by atoms with Crippen LogP contribution in [0.15, 0.2) is 66.9 Å². The molecule has 4 heteroatoms. The van der Waals surface area contributed by atoms with Crippen molar-refractivity contribution in [3.05, 3.63) is 78.4 Å². The predicted molar refractivity (Wildman–Crippen MR) is 76.4 cm³/mol. The number of aromatic carboxylic acids is 1. The maximum Gasteiger partial charge on any atom is 0.315 e. The van der Waals surface area contributed by atoms with Gasteiger partial charge in [-0.2, -0.15) is 9.13 Å². The smallest absolute Gasteiger partial charge is 0.315 e. The molecule has 3 rings (SSSR count). The molecule has 0 aliphatic carbocycles. The second-order valence-electron chi connectivity index (χ2n) is 4.76. The molecular weight excluding hydrogens is 264 g/mol. The Morgan fingerprint density at radius 2 is 1.57 bits per heavy atom. The molecule has 104 valence electrons. The van der Waals surface area contributed by atoms with E-state index in [9.17, 15) is 9.90 Å². The zero-order chi connectivity index (χ0) is 14.8. The first-order valence-corrected chi connectivity index (χ1v) is 6.64. The van der Waals surface area contributed by atoms with Gasteiger partial charge in [0.05, 0.1) is 0 Å². The molecule has 0 N–H and O–H groups in total. The summed E-state index contributed by atoms with van der Waals surface area (Å²) in [7, 11) is 0. The van der Waals surface area contributed by atoms with Crippen molar-refractivity contribution in [3.63, 3.8) is 0 Å². The molecule has 0 amide bonds. The Morgan fingerprint density at radius 3 is 2.14 bits per heavy atom. The Bertz CT molecular complexity index is 777. The van der Waals surface area contributed by atoms with Crippen LogP contribution in [0.2, 0.25) is 0 Å². The van der Waals surface area contributed by atoms with Gasteiger partial charge in [-0.1, -0.05) is 36.4 Å². The van der Waals surface area contributed by atoms with Gasteiger partial charge >= 0.3 is 5.82 Å². The molecule has 0 atom stereocenters. The van der Waals surface area contributed by atoms with Crippen LogP contribution < -0.4 is 9.67 Å². The van der Waals surface area contributed by atoms with Gasteiger partial charge in [0.15, 0.2) is 5.97 Å². The van der Waals surface area contributed by atoms with Crippen molar-refractivity contribution in [2.75, 3.05) is 0 Å². The van der Waals surface area contributed by atoms with E-state index in [2.05, 4.69) is 0 Å². The van der Waals surface area contributed by atoms with Gasteiger partial charge in [0.1, 0.15) is 23.3 Å². The van der Waals surface area contributed by atoms with E-state index in [4.69, 9.17) is 0 Å². The topological polar surface area (TPSA) is 48.9 Å². The molecule has 0 radical (unpaired) electrons. The molecule has 1 aromatic heterocycles. The van der Waals surface area contributed by atoms with Crippen LogP contribution in [0.25, 0.3) is 11.4 Å². The number of hydrogen-bond donors (Lipinski definition) is 0. The summed E-state index contributed by atoms with van der Waals surface area (Å²) >= 11 is 0. The van der Waals surface area contributed by atoms with E-state index < -0.39 is 5.97 Å². The second kappa shape index (κ2) is 5.25. The number of carboxylic acid groups (broad SMARTS) is 1. The first-order valence-electron chi connectivity index (χ1n) is 6.64. The zero-order valence-electron chi connectivity index (χ0n) is 11.6. The van der Waals surface area contributed by atoms with Crippen LogP contribution >= 0.6 is 0 Å². The summed E-state index contributed by atoms with van der Waals surface area (Å²) in [4.78, 5) is 11.6. The highest BCUT2D eigenvalue weighted by molar-refractivity contribution is 5.81. The van der Waals surface area contributed by atoms with Gasteiger partial charge in [-0.3, -0.25) is 0 Å². The summed E-state index contributed by atoms with van der Waals surface area (Å²) in [5.74, 6) is -1.11. The number of rotatable bonds is 3. The summed E-state index contributed by atoms with van der Waals surface area (Å²) < 4.78 is 3.32. The van der Waals surface area contributed by atoms with E-state index in [1.807, 2.05) is 67.6 Å². The molecule has 1 heterocycles. The van der Waals surface area contributed by atoms with E-state index in [0.717, 1.165) is 17.1 Å². The Kier molecular flexibility index (Phi) is 3.28. The van der Waals surface area contributed by atoms with Crippen LogP contribution in [0.5, 0.6) is 0 Å². The lowest BCUT2D eigenvalue weighted by molar-refractivity contribution is -0.601. The molecular formula is C17H14N2O2. The number of aryl methyl sites for hydroxylation is 1. The molecule has 2 aromatic carbocycles. The lowest BCUT2D eigenvalue weighted by Gasteiger charge is -2.05. The van der Waals surface area contributed by atoms with Crippen molar-refractivity contribution in [2.45, 2.75) is 6.92 Å². The van der Waals surface area contributed by atoms with Crippen molar-refractivity contribution in [1.29, 1.82) is 0 Å². The highest BCUT2D eigenvalue weighted by atomic mass is 16.4. The Labute approximate surface area is 122 Å². The third-order valence-corrected chi connectivity index (χ3v) is 3.34. The lowest BCUT2D eigenvalue weighted by Crippen LogP contribution is -2.42. The molecule has 0 saturated carbocycles. The van der Waals surface area contributed by atoms with Crippen molar-refractivity contribution in [3.8, 4) is 11.4 Å². The Hall–Kier alpha value is -2.88. The van der Waals surface area contributed by atoms with Crippen molar-refractivity contribution >= 4 is 5.97 Å². The Morgan fingerprint density at radius 1 is 1.00 bits per heavy atom. The number of carbonyl (C=O) groups is 1. The quantitative estimate of drug-likeness (QED) is 0.680. The van der Waals surface area contributed by atoms with Crippen LogP contribution in [0.3, 0.4) is 0 Å². The molecule has 0 aliphatic rings. The molecule has 0 fully saturated rings. The summed E-state index contributed by atoms with van der Waals surface area (Å²) in [6.07, 6.45) is 1.80. The summed E-state index contributed by atoms with van der Waals surface area (Å²) in [6, 6.07) is 18.7. The molecule has 0 saturated heterocycles. The number of aromatic nitrogens is 2. The van der Waals surface area contributed by atoms with Gasteiger partial charge in [0, 0.05) is 6.92 Å². The van der Waals surface area contributed by atoms with Gasteiger partial charge in [-0.15, -0.1) is 0 Å². The van der Waals surface area contributed by atoms with E-state index in [1.165, 1.54) is 0 Å². The van der Waals surface area contributed by atoms with Crippen molar-refractivity contribution < 1.29 is 14.5 Å². The minimum Gasteiger partial charge on any atom is -0.538 e. The van der Waals surface area contributed by atoms with Gasteiger partial charge in [0.25, 0.3) is 0 Å². The van der Waals surface area contributed by atoms with E-state index in [1.54, 1.807) is 15.3 Å². The van der Waals surface area contributed by atoms with Gasteiger partial charge < -0.3 is 9.90 Å². The SMILES string of the molecule is Cc1c[n+](-c2ccccc2)c(C(=O)[O-])n1-c1ccccc1. The molecule has 0 unspecified atom stereocenters. The maximum absolute atomic E-state index is 11.6. The fourth-order valence-corrected chi connectivity index (χ4v) is 2.46. The normalized spacial score (nSPS) is 10.5. The van der Waals surface area contributed by atoms with E-state index >= 15 is 0 Å². The minimum absolute atomic E-state index is 0.102. The fraction of sp³-hybridized carbons (Fsp3) is 0.0588. The van der Waals surface area contributed by atoms with Crippen LogP contribution in [-0.2, 0) is 0 Å². The summed E-state index contributed by atoms with van der Waals surface area (Å²) in [6.45, 7) is 1.87. The molecule has 0 bridgehead atoms. The van der Waals surface area contributed by atoms with Gasteiger partial charge in [-0.05, 0) is 24.3 Å². The number of imidazole rings is 1. The summed E-state index contributed by atoms with van der Waals surface area (Å²) in [5.41, 5.74) is 2.41. The molecule has 3 aromatic rings. The van der Waals surface area contributed by atoms with Crippen molar-refractivity contribution in [1.82, 2.24) is 4.57 Å². The number of hydrogen-bond acceptors (Lipinski definition) is 2. The average molecular weight is 278 g/mol. The van der Waals surface area contributed by atoms with Crippen LogP contribution in [0.4, 0.5) is 0 Å². The molecule has 0 aliphatic heterocycles. The monoisotopic (exact) mass is 278 g/mol. The highest BCUT2D eigenvalue weighted by Crippen LogP contribution is 2.14. The maximum atomic E-state index is 11.6. The third-order valence-electron chi connectivity index (χ3n) is 3.34. The zero-order valence-corrected chi connectivity index (χ0v) is 11.6. The van der Waals surface area contributed by atoms with E-state index in [0.29, 0.717) is 0 Å². The first kappa shape index (κ1) is 13.1. The molecule has 4 nitrogen and oxygen atoms in total. The molecule has 0 spiro atoms. The van der Waals surface area contributed by atoms with Crippen LogP contribution in [0, 0.1) is 6.92 Å². The minimum atomic E-state index is -1.21. The Balaban J connectivity index is 2.28.